The van der Waals surface area contributed by atoms with Crippen molar-refractivity contribution in [3.05, 3.63) is 51.5 Å². The lowest BCUT2D eigenvalue weighted by Gasteiger charge is -2.13. The summed E-state index contributed by atoms with van der Waals surface area (Å²) in [5, 5.41) is 5.59. The van der Waals surface area contributed by atoms with Gasteiger partial charge >= 0.3 is 0 Å². The van der Waals surface area contributed by atoms with E-state index in [1.807, 2.05) is 38.1 Å². The van der Waals surface area contributed by atoms with E-state index in [-0.39, 0.29) is 11.9 Å². The van der Waals surface area contributed by atoms with E-state index >= 15 is 0 Å². The zero-order valence-electron chi connectivity index (χ0n) is 12.0. The van der Waals surface area contributed by atoms with Gasteiger partial charge in [-0.25, -0.2) is 4.98 Å². The van der Waals surface area contributed by atoms with Gasteiger partial charge in [-0.3, -0.25) is 4.79 Å². The molecule has 1 heterocycles. The normalized spacial score (nSPS) is 11.4. The van der Waals surface area contributed by atoms with E-state index in [0.29, 0.717) is 12.2 Å². The summed E-state index contributed by atoms with van der Waals surface area (Å²) in [4.78, 5) is 16.2. The molecule has 1 aromatic heterocycles. The Balaban J connectivity index is 2.03. The van der Waals surface area contributed by atoms with Gasteiger partial charge in [-0.15, -0.1) is 11.3 Å². The fourth-order valence-corrected chi connectivity index (χ4v) is 2.42. The standard InChI is InChI=1S/C16H17N3OS/c1-11(18-16(20)15-10-21-12(2)19-15)14-7-5-13(6-8-14)4-3-9-17/h5-8,10-11H,9,17H2,1-2H3,(H,18,20). The first-order valence-electron chi connectivity index (χ1n) is 6.62. The van der Waals surface area contributed by atoms with Crippen molar-refractivity contribution in [3.63, 3.8) is 0 Å². The first-order valence-corrected chi connectivity index (χ1v) is 7.50. The largest absolute Gasteiger partial charge is 0.344 e. The van der Waals surface area contributed by atoms with Crippen LogP contribution in [-0.2, 0) is 0 Å². The number of rotatable bonds is 3. The zero-order chi connectivity index (χ0) is 15.2. The topological polar surface area (TPSA) is 68.0 Å². The molecule has 0 aliphatic carbocycles. The molecule has 0 aliphatic heterocycles. The quantitative estimate of drug-likeness (QED) is 0.854. The van der Waals surface area contributed by atoms with E-state index < -0.39 is 0 Å². The fourth-order valence-electron chi connectivity index (χ4n) is 1.83. The predicted molar refractivity (Wildman–Crippen MR) is 85.1 cm³/mol. The monoisotopic (exact) mass is 299 g/mol. The number of carbonyl (C=O) groups excluding carboxylic acids is 1. The Morgan fingerprint density at radius 3 is 2.71 bits per heavy atom. The number of amides is 1. The van der Waals surface area contributed by atoms with E-state index in [9.17, 15) is 4.79 Å². The molecule has 0 saturated heterocycles. The van der Waals surface area contributed by atoms with Crippen LogP contribution in [0.1, 0.15) is 39.6 Å². The molecule has 0 bridgehead atoms. The maximum absolute atomic E-state index is 12.0. The maximum Gasteiger partial charge on any atom is 0.271 e. The average molecular weight is 299 g/mol. The van der Waals surface area contributed by atoms with Crippen molar-refractivity contribution in [1.82, 2.24) is 10.3 Å². The maximum atomic E-state index is 12.0. The summed E-state index contributed by atoms with van der Waals surface area (Å²) in [5.41, 5.74) is 7.74. The summed E-state index contributed by atoms with van der Waals surface area (Å²) in [6, 6.07) is 7.67. The van der Waals surface area contributed by atoms with Crippen molar-refractivity contribution in [2.45, 2.75) is 19.9 Å². The summed E-state index contributed by atoms with van der Waals surface area (Å²) < 4.78 is 0. The second kappa shape index (κ2) is 7.02. The number of nitrogens with two attached hydrogens (primary N) is 1. The van der Waals surface area contributed by atoms with Crippen molar-refractivity contribution < 1.29 is 4.79 Å². The second-order valence-corrected chi connectivity index (χ2v) is 5.64. The lowest BCUT2D eigenvalue weighted by atomic mass is 10.1. The number of aromatic nitrogens is 1. The molecule has 2 rings (SSSR count). The van der Waals surface area contributed by atoms with Gasteiger partial charge in [0, 0.05) is 10.9 Å². The molecular formula is C16H17N3OS. The van der Waals surface area contributed by atoms with Gasteiger partial charge in [0.2, 0.25) is 0 Å². The number of hydrogen-bond donors (Lipinski definition) is 2. The van der Waals surface area contributed by atoms with Crippen molar-refractivity contribution in [1.29, 1.82) is 0 Å². The number of carbonyl (C=O) groups is 1. The highest BCUT2D eigenvalue weighted by Gasteiger charge is 2.13. The number of benzene rings is 1. The molecule has 2 aromatic rings. The van der Waals surface area contributed by atoms with Crippen LogP contribution in [0.4, 0.5) is 0 Å². The molecular weight excluding hydrogens is 282 g/mol. The summed E-state index contributed by atoms with van der Waals surface area (Å²) in [6.45, 7) is 4.17. The molecule has 0 spiro atoms. The Morgan fingerprint density at radius 1 is 1.43 bits per heavy atom. The molecule has 1 unspecified atom stereocenters. The van der Waals surface area contributed by atoms with Crippen molar-refractivity contribution in [2.24, 2.45) is 5.73 Å². The Kier molecular flexibility index (Phi) is 5.09. The van der Waals surface area contributed by atoms with Crippen LogP contribution >= 0.6 is 11.3 Å². The Labute approximate surface area is 128 Å². The molecule has 0 aliphatic rings. The highest BCUT2D eigenvalue weighted by molar-refractivity contribution is 7.09. The van der Waals surface area contributed by atoms with Gasteiger partial charge in [-0.05, 0) is 31.5 Å². The highest BCUT2D eigenvalue weighted by Crippen LogP contribution is 2.15. The summed E-state index contributed by atoms with van der Waals surface area (Å²) >= 11 is 1.47. The lowest BCUT2D eigenvalue weighted by Crippen LogP contribution is -2.26. The molecule has 21 heavy (non-hydrogen) atoms. The molecule has 1 amide bonds. The molecule has 4 nitrogen and oxygen atoms in total. The van der Waals surface area contributed by atoms with Crippen LogP contribution in [0, 0.1) is 18.8 Å². The van der Waals surface area contributed by atoms with Gasteiger partial charge in [-0.2, -0.15) is 0 Å². The number of nitrogens with one attached hydrogen (secondary N) is 1. The molecule has 0 fully saturated rings. The average Bonchev–Trinajstić information content (AvgIpc) is 2.92. The predicted octanol–water partition coefficient (Wildman–Crippen LogP) is 2.25. The Hall–Kier alpha value is -2.16. The first-order chi connectivity index (χ1) is 10.1. The van der Waals surface area contributed by atoms with Crippen LogP contribution in [-0.4, -0.2) is 17.4 Å². The van der Waals surface area contributed by atoms with Gasteiger partial charge in [0.15, 0.2) is 0 Å². The summed E-state index contributed by atoms with van der Waals surface area (Å²) in [7, 11) is 0. The van der Waals surface area contributed by atoms with Gasteiger partial charge in [0.05, 0.1) is 17.6 Å². The number of nitrogens with zero attached hydrogens (tertiary/aromatic N) is 1. The van der Waals surface area contributed by atoms with Gasteiger partial charge in [-0.1, -0.05) is 24.0 Å². The molecule has 0 saturated carbocycles. The third kappa shape index (κ3) is 4.15. The second-order valence-electron chi connectivity index (χ2n) is 4.57. The Morgan fingerprint density at radius 2 is 2.14 bits per heavy atom. The number of aryl methyl sites for hydroxylation is 1. The molecule has 0 radical (unpaired) electrons. The first kappa shape index (κ1) is 15.2. The molecule has 5 heteroatoms. The van der Waals surface area contributed by atoms with Crippen LogP contribution in [0.25, 0.3) is 0 Å². The third-order valence-electron chi connectivity index (χ3n) is 2.94. The molecule has 1 atom stereocenters. The van der Waals surface area contributed by atoms with E-state index in [1.165, 1.54) is 11.3 Å². The smallest absolute Gasteiger partial charge is 0.271 e. The van der Waals surface area contributed by atoms with Crippen LogP contribution in [0.15, 0.2) is 29.6 Å². The lowest BCUT2D eigenvalue weighted by molar-refractivity contribution is 0.0935. The SMILES string of the molecule is Cc1nc(C(=O)NC(C)c2ccc(C#CCN)cc2)cs1. The molecule has 108 valence electrons. The molecule has 1 aromatic carbocycles. The zero-order valence-corrected chi connectivity index (χ0v) is 12.8. The van der Waals surface area contributed by atoms with E-state index in [0.717, 1.165) is 16.1 Å². The van der Waals surface area contributed by atoms with E-state index in [2.05, 4.69) is 22.1 Å². The minimum absolute atomic E-state index is 0.0870. The van der Waals surface area contributed by atoms with Gasteiger partial charge < -0.3 is 11.1 Å². The minimum atomic E-state index is -0.154. The fraction of sp³-hybridized carbons (Fsp3) is 0.250. The number of thiazole rings is 1. The van der Waals surface area contributed by atoms with Gasteiger partial charge in [0.25, 0.3) is 5.91 Å². The van der Waals surface area contributed by atoms with E-state index in [4.69, 9.17) is 5.73 Å². The molecule has 3 N–H and O–H groups in total. The van der Waals surface area contributed by atoms with Crippen LogP contribution in [0.2, 0.25) is 0 Å². The number of hydrogen-bond acceptors (Lipinski definition) is 4. The minimum Gasteiger partial charge on any atom is -0.344 e. The van der Waals surface area contributed by atoms with Gasteiger partial charge in [0.1, 0.15) is 5.69 Å². The summed E-state index contributed by atoms with van der Waals surface area (Å²) in [5.74, 6) is 5.63. The van der Waals surface area contributed by atoms with Crippen molar-refractivity contribution in [3.8, 4) is 11.8 Å². The summed E-state index contributed by atoms with van der Waals surface area (Å²) in [6.07, 6.45) is 0. The van der Waals surface area contributed by atoms with Crippen molar-refractivity contribution >= 4 is 17.2 Å². The Bertz CT molecular complexity index is 680. The van der Waals surface area contributed by atoms with Crippen molar-refractivity contribution in [2.75, 3.05) is 6.54 Å². The third-order valence-corrected chi connectivity index (χ3v) is 3.72. The van der Waals surface area contributed by atoms with Crippen LogP contribution in [0.5, 0.6) is 0 Å². The highest BCUT2D eigenvalue weighted by atomic mass is 32.1. The van der Waals surface area contributed by atoms with Crippen LogP contribution < -0.4 is 11.1 Å². The van der Waals surface area contributed by atoms with E-state index in [1.54, 1.807) is 5.38 Å². The van der Waals surface area contributed by atoms with Crippen LogP contribution in [0.3, 0.4) is 0 Å².